The Labute approximate surface area is 140 Å². The third kappa shape index (κ3) is 2.59. The first-order valence-electron chi connectivity index (χ1n) is 8.71. The van der Waals surface area contributed by atoms with Crippen molar-refractivity contribution in [2.24, 2.45) is 17.8 Å². The molecule has 0 saturated heterocycles. The van der Waals surface area contributed by atoms with Crippen LogP contribution in [0.15, 0.2) is 0 Å². The van der Waals surface area contributed by atoms with Gasteiger partial charge in [0.1, 0.15) is 5.00 Å². The molecule has 3 atom stereocenters. The van der Waals surface area contributed by atoms with Crippen LogP contribution in [0, 0.1) is 17.8 Å². The normalized spacial score (nSPS) is 28.5. The van der Waals surface area contributed by atoms with Crippen molar-refractivity contribution < 1.29 is 14.3 Å². The van der Waals surface area contributed by atoms with Gasteiger partial charge in [-0.05, 0) is 62.3 Å². The molecule has 3 aliphatic carbocycles. The first-order valence-corrected chi connectivity index (χ1v) is 9.52. The fourth-order valence-electron chi connectivity index (χ4n) is 4.74. The summed E-state index contributed by atoms with van der Waals surface area (Å²) in [5, 5.41) is 3.81. The van der Waals surface area contributed by atoms with Gasteiger partial charge in [0.25, 0.3) is 0 Å². The maximum atomic E-state index is 12.7. The first-order chi connectivity index (χ1) is 11.2. The lowest BCUT2D eigenvalue weighted by molar-refractivity contribution is -0.121. The predicted molar refractivity (Wildman–Crippen MR) is 89.9 cm³/mol. The van der Waals surface area contributed by atoms with Crippen molar-refractivity contribution in [3.05, 3.63) is 16.0 Å². The molecule has 4 nitrogen and oxygen atoms in total. The maximum Gasteiger partial charge on any atom is 0.341 e. The summed E-state index contributed by atoms with van der Waals surface area (Å²) in [6.45, 7) is 0. The lowest BCUT2D eigenvalue weighted by atomic mass is 9.88. The van der Waals surface area contributed by atoms with Crippen molar-refractivity contribution in [1.82, 2.24) is 0 Å². The second-order valence-corrected chi connectivity index (χ2v) is 8.28. The lowest BCUT2D eigenvalue weighted by Gasteiger charge is -2.20. The Balaban J connectivity index is 1.59. The standard InChI is InChI=1S/C18H23NO3S/c1-22-18(21)15-12-4-2-3-5-14(12)23-17(15)19-16(20)13-9-10-6-7-11(13)8-10/h10-11,13H,2-9H2,1H3,(H,19,20)/t10-,11-,13+/m0/s1. The number of ether oxygens (including phenoxy) is 1. The quantitative estimate of drug-likeness (QED) is 0.856. The Morgan fingerprint density at radius 1 is 1.17 bits per heavy atom. The highest BCUT2D eigenvalue weighted by molar-refractivity contribution is 7.17. The number of carbonyl (C=O) groups excluding carboxylic acids is 2. The number of aryl methyl sites for hydroxylation is 1. The molecule has 1 aromatic heterocycles. The molecule has 1 heterocycles. The van der Waals surface area contributed by atoms with Crippen LogP contribution in [0.3, 0.4) is 0 Å². The van der Waals surface area contributed by atoms with E-state index in [-0.39, 0.29) is 17.8 Å². The van der Waals surface area contributed by atoms with Gasteiger partial charge in [-0.25, -0.2) is 4.79 Å². The molecule has 23 heavy (non-hydrogen) atoms. The average molecular weight is 333 g/mol. The van der Waals surface area contributed by atoms with E-state index in [4.69, 9.17) is 4.74 Å². The fourth-order valence-corrected chi connectivity index (χ4v) is 6.02. The second kappa shape index (κ2) is 5.93. The summed E-state index contributed by atoms with van der Waals surface area (Å²) in [7, 11) is 1.41. The van der Waals surface area contributed by atoms with E-state index in [9.17, 15) is 9.59 Å². The minimum absolute atomic E-state index is 0.112. The monoisotopic (exact) mass is 333 g/mol. The molecule has 2 saturated carbocycles. The second-order valence-electron chi connectivity index (χ2n) is 7.18. The zero-order chi connectivity index (χ0) is 16.0. The predicted octanol–water partition coefficient (Wildman–Crippen LogP) is 3.79. The molecule has 1 amide bonds. The number of amides is 1. The number of fused-ring (bicyclic) bond motifs is 3. The molecule has 124 valence electrons. The van der Waals surface area contributed by atoms with E-state index in [1.165, 1.54) is 31.2 Å². The Hall–Kier alpha value is -1.36. The van der Waals surface area contributed by atoms with Crippen LogP contribution in [0.1, 0.15) is 59.3 Å². The smallest absolute Gasteiger partial charge is 0.341 e. The van der Waals surface area contributed by atoms with Gasteiger partial charge in [-0.1, -0.05) is 6.42 Å². The van der Waals surface area contributed by atoms with Crippen LogP contribution < -0.4 is 5.32 Å². The molecule has 0 unspecified atom stereocenters. The lowest BCUT2D eigenvalue weighted by Crippen LogP contribution is -2.27. The summed E-state index contributed by atoms with van der Waals surface area (Å²) in [6, 6.07) is 0. The van der Waals surface area contributed by atoms with Gasteiger partial charge in [0.15, 0.2) is 0 Å². The van der Waals surface area contributed by atoms with Crippen LogP contribution in [0.5, 0.6) is 0 Å². The van der Waals surface area contributed by atoms with Crippen molar-refractivity contribution in [3.8, 4) is 0 Å². The Morgan fingerprint density at radius 3 is 2.70 bits per heavy atom. The Morgan fingerprint density at radius 2 is 2.00 bits per heavy atom. The molecule has 2 bridgehead atoms. The molecule has 0 aromatic carbocycles. The largest absolute Gasteiger partial charge is 0.465 e. The van der Waals surface area contributed by atoms with E-state index in [0.29, 0.717) is 11.5 Å². The molecule has 0 spiro atoms. The number of rotatable bonds is 3. The van der Waals surface area contributed by atoms with Gasteiger partial charge in [-0.15, -0.1) is 11.3 Å². The van der Waals surface area contributed by atoms with Gasteiger partial charge in [-0.2, -0.15) is 0 Å². The summed E-state index contributed by atoms with van der Waals surface area (Å²) in [5.41, 5.74) is 1.72. The van der Waals surface area contributed by atoms with Crippen LogP contribution in [0.25, 0.3) is 0 Å². The van der Waals surface area contributed by atoms with Crippen molar-refractivity contribution in [1.29, 1.82) is 0 Å². The van der Waals surface area contributed by atoms with Crippen LogP contribution in [0.4, 0.5) is 5.00 Å². The number of carbonyl (C=O) groups is 2. The SMILES string of the molecule is COC(=O)c1c(NC(=O)[C@@H]2C[C@H]3CC[C@H]2C3)sc2c1CCCC2. The maximum absolute atomic E-state index is 12.7. The third-order valence-corrected chi connectivity index (χ3v) is 7.08. The van der Waals surface area contributed by atoms with Crippen molar-refractivity contribution in [3.63, 3.8) is 0 Å². The van der Waals surface area contributed by atoms with E-state index in [1.54, 1.807) is 11.3 Å². The van der Waals surface area contributed by atoms with Gasteiger partial charge in [0.2, 0.25) is 5.91 Å². The van der Waals surface area contributed by atoms with Gasteiger partial charge >= 0.3 is 5.97 Å². The number of nitrogens with one attached hydrogen (secondary N) is 1. The summed E-state index contributed by atoms with van der Waals surface area (Å²) >= 11 is 1.58. The van der Waals surface area contributed by atoms with Gasteiger partial charge in [0, 0.05) is 10.8 Å². The van der Waals surface area contributed by atoms with E-state index in [2.05, 4.69) is 5.32 Å². The average Bonchev–Trinajstić information content (AvgIpc) is 3.27. The molecule has 1 N–H and O–H groups in total. The van der Waals surface area contributed by atoms with Crippen molar-refractivity contribution in [2.75, 3.05) is 12.4 Å². The summed E-state index contributed by atoms with van der Waals surface area (Å²) < 4.78 is 4.97. The number of hydrogen-bond acceptors (Lipinski definition) is 4. The number of hydrogen-bond donors (Lipinski definition) is 1. The first kappa shape index (κ1) is 15.2. The van der Waals surface area contributed by atoms with E-state index in [0.717, 1.165) is 48.6 Å². The Kier molecular flexibility index (Phi) is 3.92. The zero-order valence-electron chi connectivity index (χ0n) is 13.5. The minimum atomic E-state index is -0.312. The van der Waals surface area contributed by atoms with Crippen molar-refractivity contribution in [2.45, 2.75) is 51.4 Å². The third-order valence-electron chi connectivity index (χ3n) is 5.87. The van der Waals surface area contributed by atoms with Crippen LogP contribution in [-0.4, -0.2) is 19.0 Å². The highest BCUT2D eigenvalue weighted by Gasteiger charge is 2.43. The summed E-state index contributed by atoms with van der Waals surface area (Å²) in [4.78, 5) is 26.2. The Bertz CT molecular complexity index is 651. The van der Waals surface area contributed by atoms with Crippen molar-refractivity contribution >= 4 is 28.2 Å². The zero-order valence-corrected chi connectivity index (χ0v) is 14.3. The molecule has 0 radical (unpaired) electrons. The van der Waals surface area contributed by atoms with Gasteiger partial charge in [0.05, 0.1) is 12.7 Å². The van der Waals surface area contributed by atoms with Crippen LogP contribution in [-0.2, 0) is 22.4 Å². The molecule has 2 fully saturated rings. The number of methoxy groups -OCH3 is 1. The number of esters is 1. The van der Waals surface area contributed by atoms with Gasteiger partial charge in [-0.3, -0.25) is 4.79 Å². The molecule has 1 aromatic rings. The fraction of sp³-hybridized carbons (Fsp3) is 0.667. The molecule has 4 rings (SSSR count). The molecule has 5 heteroatoms. The van der Waals surface area contributed by atoms with E-state index >= 15 is 0 Å². The molecule has 3 aliphatic rings. The number of thiophene rings is 1. The topological polar surface area (TPSA) is 55.4 Å². The number of anilines is 1. The highest BCUT2D eigenvalue weighted by atomic mass is 32.1. The van der Waals surface area contributed by atoms with E-state index in [1.807, 2.05) is 0 Å². The molecular formula is C18H23NO3S. The summed E-state index contributed by atoms with van der Waals surface area (Å²) in [5.74, 6) is 1.23. The van der Waals surface area contributed by atoms with Gasteiger partial charge < -0.3 is 10.1 Å². The molecule has 0 aliphatic heterocycles. The van der Waals surface area contributed by atoms with Crippen LogP contribution in [0.2, 0.25) is 0 Å². The van der Waals surface area contributed by atoms with Crippen LogP contribution >= 0.6 is 11.3 Å². The minimum Gasteiger partial charge on any atom is -0.465 e. The highest BCUT2D eigenvalue weighted by Crippen LogP contribution is 2.49. The van der Waals surface area contributed by atoms with E-state index < -0.39 is 0 Å². The summed E-state index contributed by atoms with van der Waals surface area (Å²) in [6.07, 6.45) is 8.90. The molecular weight excluding hydrogens is 310 g/mol.